The van der Waals surface area contributed by atoms with Crippen molar-refractivity contribution < 1.29 is 26.3 Å². The van der Waals surface area contributed by atoms with Crippen LogP contribution in [0.15, 0.2) is 76.7 Å². The number of aromatic nitrogens is 6. The lowest BCUT2D eigenvalue weighted by Gasteiger charge is -2.20. The minimum atomic E-state index is -4.49. The number of aryl methyl sites for hydroxylation is 2. The molecule has 48 heavy (non-hydrogen) atoms. The number of pyridine rings is 1. The molecule has 9 rings (SSSR count). The lowest BCUT2D eigenvalue weighted by atomic mass is 9.96. The van der Waals surface area contributed by atoms with Gasteiger partial charge in [-0.25, -0.2) is 30.9 Å². The summed E-state index contributed by atoms with van der Waals surface area (Å²) in [5, 5.41) is 4.10. The molecule has 3 aliphatic rings. The van der Waals surface area contributed by atoms with E-state index in [1.807, 2.05) is 0 Å². The largest absolute Gasteiger partial charge is 0.376 e. The van der Waals surface area contributed by atoms with E-state index in [2.05, 4.69) is 10.1 Å². The molecule has 0 radical (unpaired) electrons. The average molecular weight is 678 g/mol. The Labute approximate surface area is 272 Å². The first kappa shape index (κ1) is 30.6. The molecular weight excluding hydrogens is 647 g/mol. The van der Waals surface area contributed by atoms with Crippen molar-refractivity contribution in [2.45, 2.75) is 48.3 Å². The highest BCUT2D eigenvalue weighted by molar-refractivity contribution is 7.90. The summed E-state index contributed by atoms with van der Waals surface area (Å²) in [7, 11) is -1.40. The fraction of sp³-hybridized carbons (Fsp3) is 0.303. The summed E-state index contributed by atoms with van der Waals surface area (Å²) in [5.74, 6) is -4.21. The maximum absolute atomic E-state index is 15.8. The van der Waals surface area contributed by atoms with E-state index in [9.17, 15) is 13.2 Å². The third kappa shape index (κ3) is 4.40. The van der Waals surface area contributed by atoms with Gasteiger partial charge in [0.1, 0.15) is 0 Å². The van der Waals surface area contributed by atoms with E-state index in [0.717, 1.165) is 3.97 Å². The molecule has 1 fully saturated rings. The fourth-order valence-electron chi connectivity index (χ4n) is 7.23. The van der Waals surface area contributed by atoms with E-state index in [4.69, 9.17) is 10.5 Å². The van der Waals surface area contributed by atoms with Gasteiger partial charge in [0, 0.05) is 49.9 Å². The van der Waals surface area contributed by atoms with Gasteiger partial charge in [0.05, 0.1) is 51.5 Å². The van der Waals surface area contributed by atoms with Crippen LogP contribution in [0.5, 0.6) is 0 Å². The second kappa shape index (κ2) is 10.6. The van der Waals surface area contributed by atoms with Crippen molar-refractivity contribution in [3.8, 4) is 22.4 Å². The van der Waals surface area contributed by atoms with E-state index < -0.39 is 52.2 Å². The van der Waals surface area contributed by atoms with E-state index >= 15 is 13.2 Å². The van der Waals surface area contributed by atoms with Crippen LogP contribution in [0.1, 0.15) is 30.9 Å². The van der Waals surface area contributed by atoms with Crippen molar-refractivity contribution in [1.29, 1.82) is 0 Å². The van der Waals surface area contributed by atoms with Crippen LogP contribution in [0.2, 0.25) is 0 Å². The molecule has 0 unspecified atom stereocenters. The number of rotatable bonds is 3. The average Bonchev–Trinajstić information content (AvgIpc) is 3.77. The van der Waals surface area contributed by atoms with Gasteiger partial charge in [-0.15, -0.1) is 5.10 Å². The molecule has 4 aromatic heterocycles. The Hall–Kier alpha value is -4.73. The molecule has 2 aromatic carbocycles. The Bertz CT molecular complexity index is 2410. The minimum absolute atomic E-state index is 0.0761. The zero-order valence-electron chi connectivity index (χ0n) is 25.8. The van der Waals surface area contributed by atoms with Crippen LogP contribution in [-0.2, 0) is 34.8 Å². The van der Waals surface area contributed by atoms with Gasteiger partial charge in [0.2, 0.25) is 5.95 Å². The van der Waals surface area contributed by atoms with Crippen molar-refractivity contribution in [1.82, 2.24) is 27.9 Å². The van der Waals surface area contributed by atoms with Crippen LogP contribution >= 0.6 is 0 Å². The summed E-state index contributed by atoms with van der Waals surface area (Å²) < 4.78 is 87.0. The Balaban J connectivity index is 1.60. The number of halogens is 3. The van der Waals surface area contributed by atoms with Crippen molar-refractivity contribution in [3.05, 3.63) is 89.0 Å². The summed E-state index contributed by atoms with van der Waals surface area (Å²) in [6.45, 7) is -0.245. The van der Waals surface area contributed by atoms with Gasteiger partial charge in [-0.3, -0.25) is 13.8 Å². The molecule has 6 heterocycles. The Morgan fingerprint density at radius 2 is 1.77 bits per heavy atom. The SMILES string of the molecule is Cn1cc(-c2c3c4c(ncc5c4n(c(=O)n5C)[C@H]4C[C@H](N)[C@@H](C4)OCCC(F)(F)c4ccc-3cc4)n2S(=O)(=O)c2ccccc2)c(F)n1. The van der Waals surface area contributed by atoms with Crippen molar-refractivity contribution in [2.24, 2.45) is 19.8 Å². The van der Waals surface area contributed by atoms with Crippen molar-refractivity contribution >= 4 is 32.1 Å². The number of alkyl halides is 2. The quantitative estimate of drug-likeness (QED) is 0.288. The van der Waals surface area contributed by atoms with Gasteiger partial charge in [-0.1, -0.05) is 42.5 Å². The Morgan fingerprint density at radius 3 is 2.46 bits per heavy atom. The third-order valence-corrected chi connectivity index (χ3v) is 11.2. The third-order valence-electron chi connectivity index (χ3n) is 9.55. The van der Waals surface area contributed by atoms with Crippen molar-refractivity contribution in [2.75, 3.05) is 6.61 Å². The lowest BCUT2D eigenvalue weighted by Crippen LogP contribution is -2.32. The number of benzene rings is 2. The zero-order chi connectivity index (χ0) is 33.7. The highest BCUT2D eigenvalue weighted by Gasteiger charge is 2.40. The highest BCUT2D eigenvalue weighted by Crippen LogP contribution is 2.47. The molecule has 3 atom stereocenters. The van der Waals surface area contributed by atoms with Crippen LogP contribution in [0, 0.1) is 5.95 Å². The molecule has 1 aliphatic carbocycles. The van der Waals surface area contributed by atoms with Crippen molar-refractivity contribution in [3.63, 3.8) is 0 Å². The number of hydrogen-bond donors (Lipinski definition) is 1. The van der Waals surface area contributed by atoms with E-state index in [1.54, 1.807) is 29.8 Å². The molecule has 11 nitrogen and oxygen atoms in total. The van der Waals surface area contributed by atoms with Gasteiger partial charge in [0.15, 0.2) is 5.65 Å². The van der Waals surface area contributed by atoms with Crippen LogP contribution in [-0.4, -0.2) is 55.0 Å². The molecular formula is C33H30F3N7O4S. The minimum Gasteiger partial charge on any atom is -0.376 e. The predicted octanol–water partition coefficient (Wildman–Crippen LogP) is 4.68. The fourth-order valence-corrected chi connectivity index (χ4v) is 8.74. The number of fused-ring (bicyclic) bond motifs is 5. The smallest absolute Gasteiger partial charge is 0.329 e. The van der Waals surface area contributed by atoms with Gasteiger partial charge in [-0.2, -0.15) is 4.39 Å². The molecule has 2 aliphatic heterocycles. The molecule has 15 heteroatoms. The molecule has 6 aromatic rings. The van der Waals surface area contributed by atoms with Crippen LogP contribution in [0.25, 0.3) is 44.5 Å². The normalized spacial score (nSPS) is 20.9. The molecule has 0 saturated heterocycles. The maximum Gasteiger partial charge on any atom is 0.329 e. The van der Waals surface area contributed by atoms with Gasteiger partial charge < -0.3 is 10.5 Å². The summed E-state index contributed by atoms with van der Waals surface area (Å²) in [6, 6.07) is 12.0. The zero-order valence-corrected chi connectivity index (χ0v) is 26.7. The summed E-state index contributed by atoms with van der Waals surface area (Å²) in [4.78, 5) is 18.6. The first-order valence-electron chi connectivity index (χ1n) is 15.4. The van der Waals surface area contributed by atoms with Crippen LogP contribution < -0.4 is 11.4 Å². The predicted molar refractivity (Wildman–Crippen MR) is 172 cm³/mol. The van der Waals surface area contributed by atoms with Crippen LogP contribution in [0.4, 0.5) is 13.2 Å². The van der Waals surface area contributed by atoms with E-state index in [1.165, 1.54) is 65.1 Å². The van der Waals surface area contributed by atoms with Crippen LogP contribution in [0.3, 0.4) is 0 Å². The number of imidazole rings is 1. The number of hydrogen-bond acceptors (Lipinski definition) is 7. The summed E-state index contributed by atoms with van der Waals surface area (Å²) in [5.41, 5.74) is 6.69. The van der Waals surface area contributed by atoms with Gasteiger partial charge in [-0.05, 0) is 30.5 Å². The number of nitrogens with zero attached hydrogens (tertiary/aromatic N) is 6. The molecule has 0 amide bonds. The van der Waals surface area contributed by atoms with E-state index in [-0.39, 0.29) is 51.3 Å². The lowest BCUT2D eigenvalue weighted by molar-refractivity contribution is -0.0536. The molecule has 0 spiro atoms. The Kier molecular flexibility index (Phi) is 6.78. The summed E-state index contributed by atoms with van der Waals surface area (Å²) >= 11 is 0. The molecule has 248 valence electrons. The highest BCUT2D eigenvalue weighted by atomic mass is 32.2. The number of nitrogens with two attached hydrogens (primary N) is 1. The molecule has 1 saturated carbocycles. The molecule has 4 bridgehead atoms. The standard InChI is InChI=1S/C33H30F3N7O4S/c1-40-17-22(30(34)39-40)28-26-18-8-10-19(11-9-18)33(35,36)12-13-47-25-15-20(14-23(25)37)42-29-24(41(2)32(42)44)16-38-31(27(26)29)43(28)48(45,46)21-6-4-3-5-7-21/h3-11,16-17,20,23,25H,12-15,37H2,1-2H3/t20-,23-,25+/m0/s1. The second-order valence-corrected chi connectivity index (χ2v) is 14.2. The first-order chi connectivity index (χ1) is 22.9. The summed E-state index contributed by atoms with van der Waals surface area (Å²) in [6.07, 6.45) is 2.15. The Morgan fingerprint density at radius 1 is 1.04 bits per heavy atom. The van der Waals surface area contributed by atoms with Gasteiger partial charge >= 0.3 is 5.69 Å². The van der Waals surface area contributed by atoms with E-state index in [0.29, 0.717) is 23.0 Å². The number of ether oxygens (including phenoxy) is 1. The maximum atomic E-state index is 15.8. The monoisotopic (exact) mass is 677 g/mol. The first-order valence-corrected chi connectivity index (χ1v) is 16.8. The second-order valence-electron chi connectivity index (χ2n) is 12.4. The van der Waals surface area contributed by atoms with Gasteiger partial charge in [0.25, 0.3) is 15.9 Å². The molecule has 2 N–H and O–H groups in total. The topological polar surface area (TPSA) is 132 Å².